The molecule has 0 saturated heterocycles. The third-order valence-electron chi connectivity index (χ3n) is 12.3. The summed E-state index contributed by atoms with van der Waals surface area (Å²) < 4.78 is 11.4. The number of fused-ring (bicyclic) bond motifs is 6. The average Bonchev–Trinajstić information content (AvgIpc) is 3.76. The van der Waals surface area contributed by atoms with Crippen LogP contribution in [0.4, 0.5) is 0 Å². The number of aliphatic hydroxyl groups is 2. The lowest BCUT2D eigenvalue weighted by molar-refractivity contribution is -0.182. The Kier molecular flexibility index (Phi) is 9.85. The minimum Gasteiger partial charge on any atom is -0.367 e. The molecule has 2 aromatic carbocycles. The van der Waals surface area contributed by atoms with Gasteiger partial charge in [-0.25, -0.2) is 0 Å². The summed E-state index contributed by atoms with van der Waals surface area (Å²) in [7, 11) is 1.65. The molecule has 0 heterocycles. The van der Waals surface area contributed by atoms with Gasteiger partial charge in [0.15, 0.2) is 12.6 Å². The molecule has 2 bridgehead atoms. The van der Waals surface area contributed by atoms with E-state index in [1.165, 1.54) is 50.3 Å². The molecule has 12 atom stereocenters. The highest BCUT2D eigenvalue weighted by atomic mass is 16.6. The zero-order valence-electron chi connectivity index (χ0n) is 26.5. The van der Waals surface area contributed by atoms with E-state index in [2.05, 4.69) is 52.8 Å². The van der Waals surface area contributed by atoms with E-state index in [1.54, 1.807) is 7.11 Å². The first-order chi connectivity index (χ1) is 19.8. The van der Waals surface area contributed by atoms with Crippen LogP contribution in [0.1, 0.15) is 104 Å². The number of ether oxygens (including phenoxy) is 2. The first-order valence-corrected chi connectivity index (χ1v) is 16.8. The maximum Gasteiger partial charge on any atom is 0.181 e. The van der Waals surface area contributed by atoms with Crippen molar-refractivity contribution in [3.05, 3.63) is 48.0 Å². The largest absolute Gasteiger partial charge is 0.367 e. The Morgan fingerprint density at radius 2 is 1.49 bits per heavy atom. The monoisotopic (exact) mass is 564 g/mol. The average molecular weight is 565 g/mol. The first-order valence-electron chi connectivity index (χ1n) is 16.8. The van der Waals surface area contributed by atoms with Gasteiger partial charge in [0, 0.05) is 18.1 Å². The molecule has 41 heavy (non-hydrogen) atoms. The highest BCUT2D eigenvalue weighted by molar-refractivity contribution is 5.83. The maximum atomic E-state index is 10.5. The predicted molar refractivity (Wildman–Crippen MR) is 167 cm³/mol. The normalized spacial score (nSPS) is 39.0. The van der Waals surface area contributed by atoms with Gasteiger partial charge in [-0.2, -0.15) is 0 Å². The minimum absolute atomic E-state index is 0.0106. The molecule has 0 radical (unpaired) electrons. The smallest absolute Gasteiger partial charge is 0.181 e. The Hall–Kier alpha value is -1.46. The summed E-state index contributed by atoms with van der Waals surface area (Å²) in [5.41, 5.74) is 0.866. The zero-order chi connectivity index (χ0) is 29.3. The lowest BCUT2D eigenvalue weighted by Gasteiger charge is -2.44. The van der Waals surface area contributed by atoms with Crippen LogP contribution in [0.3, 0.4) is 0 Å². The minimum atomic E-state index is -0.820. The standard InChI is InChI=1S/C20H26O2.C17H30O2/c1-3-14-11-15(4-2)19(12-14)22-20(21)18-10-9-16-7-5-6-8-17(16)13-18;1-5-10-7-11(6-2)15-13-8-12(14(10)15)9-17(13,3)16(18)19-4/h5-10,13-15,19-21H,3-4,11-12H2,1-2H3;10-16,18H,5-9H2,1-4H3. The topological polar surface area (TPSA) is 58.9 Å². The van der Waals surface area contributed by atoms with Crippen molar-refractivity contribution >= 4 is 10.8 Å². The van der Waals surface area contributed by atoms with Crippen molar-refractivity contribution in [1.29, 1.82) is 0 Å². The third kappa shape index (κ3) is 5.88. The summed E-state index contributed by atoms with van der Waals surface area (Å²) in [4.78, 5) is 0. The number of rotatable bonds is 9. The van der Waals surface area contributed by atoms with Crippen LogP contribution >= 0.6 is 0 Å². The van der Waals surface area contributed by atoms with Gasteiger partial charge in [-0.15, -0.1) is 0 Å². The van der Waals surface area contributed by atoms with Crippen molar-refractivity contribution in [2.75, 3.05) is 7.11 Å². The molecule has 12 unspecified atom stereocenters. The molecule has 4 aliphatic rings. The maximum absolute atomic E-state index is 10.5. The summed E-state index contributed by atoms with van der Waals surface area (Å²) in [5, 5.41) is 23.1. The molecular weight excluding hydrogens is 508 g/mol. The Morgan fingerprint density at radius 1 is 0.805 bits per heavy atom. The molecule has 2 N–H and O–H groups in total. The van der Waals surface area contributed by atoms with E-state index < -0.39 is 12.6 Å². The van der Waals surface area contributed by atoms with Gasteiger partial charge in [-0.1, -0.05) is 96.7 Å². The lowest BCUT2D eigenvalue weighted by Crippen LogP contribution is -2.44. The van der Waals surface area contributed by atoms with E-state index in [9.17, 15) is 10.2 Å². The van der Waals surface area contributed by atoms with Crippen LogP contribution in [0.25, 0.3) is 10.8 Å². The summed E-state index contributed by atoms with van der Waals surface area (Å²) in [5.74, 6) is 6.55. The van der Waals surface area contributed by atoms with Crippen molar-refractivity contribution in [3.8, 4) is 0 Å². The van der Waals surface area contributed by atoms with Crippen LogP contribution in [-0.4, -0.2) is 29.7 Å². The second kappa shape index (κ2) is 13.0. The van der Waals surface area contributed by atoms with E-state index in [1.807, 2.05) is 24.3 Å². The molecule has 4 fully saturated rings. The second-order valence-corrected chi connectivity index (χ2v) is 14.2. The molecular formula is C37H56O4. The van der Waals surface area contributed by atoms with Crippen LogP contribution in [-0.2, 0) is 9.47 Å². The molecule has 0 spiro atoms. The molecule has 6 rings (SSSR count). The molecule has 0 aliphatic heterocycles. The van der Waals surface area contributed by atoms with E-state index in [-0.39, 0.29) is 11.5 Å². The second-order valence-electron chi connectivity index (χ2n) is 14.2. The highest BCUT2D eigenvalue weighted by Crippen LogP contribution is 2.70. The van der Waals surface area contributed by atoms with Crippen LogP contribution in [0, 0.1) is 52.8 Å². The van der Waals surface area contributed by atoms with Gasteiger partial charge in [0.2, 0.25) is 0 Å². The number of methoxy groups -OCH3 is 1. The summed E-state index contributed by atoms with van der Waals surface area (Å²) in [6.07, 6.45) is 10.1. The van der Waals surface area contributed by atoms with Crippen molar-refractivity contribution in [3.63, 3.8) is 0 Å². The number of hydrogen-bond acceptors (Lipinski definition) is 4. The Labute approximate surface area is 249 Å². The number of aliphatic hydroxyl groups excluding tert-OH is 2. The van der Waals surface area contributed by atoms with Crippen molar-refractivity contribution in [2.45, 2.75) is 111 Å². The van der Waals surface area contributed by atoms with Crippen molar-refractivity contribution < 1.29 is 19.7 Å². The van der Waals surface area contributed by atoms with Gasteiger partial charge in [0.1, 0.15) is 0 Å². The SMILES string of the molecule is CCC1CC(CC)C(OC(O)c2ccc3ccccc3c2)C1.CCC1CC(CC)C2C1C1CC2C(C)(C(O)OC)C1. The lowest BCUT2D eigenvalue weighted by atomic mass is 9.63. The van der Waals surface area contributed by atoms with Gasteiger partial charge in [0.25, 0.3) is 0 Å². The van der Waals surface area contributed by atoms with Gasteiger partial charge >= 0.3 is 0 Å². The number of hydrogen-bond donors (Lipinski definition) is 2. The van der Waals surface area contributed by atoms with Gasteiger partial charge in [-0.05, 0) is 96.3 Å². The first kappa shape index (κ1) is 31.0. The molecule has 0 aromatic heterocycles. The Bertz CT molecular complexity index is 1130. The van der Waals surface area contributed by atoms with Crippen LogP contribution < -0.4 is 0 Å². The molecule has 0 amide bonds. The fourth-order valence-electron chi connectivity index (χ4n) is 10.1. The fourth-order valence-corrected chi connectivity index (χ4v) is 10.1. The molecule has 4 heteroatoms. The number of benzene rings is 2. The summed E-state index contributed by atoms with van der Waals surface area (Å²) >= 11 is 0. The summed E-state index contributed by atoms with van der Waals surface area (Å²) in [6.45, 7) is 11.5. The van der Waals surface area contributed by atoms with Crippen LogP contribution in [0.5, 0.6) is 0 Å². The van der Waals surface area contributed by atoms with Crippen LogP contribution in [0.15, 0.2) is 42.5 Å². The van der Waals surface area contributed by atoms with E-state index in [0.717, 1.165) is 59.3 Å². The predicted octanol–water partition coefficient (Wildman–Crippen LogP) is 8.75. The van der Waals surface area contributed by atoms with Crippen molar-refractivity contribution in [1.82, 2.24) is 0 Å². The highest BCUT2D eigenvalue weighted by Gasteiger charge is 2.65. The zero-order valence-corrected chi connectivity index (χ0v) is 26.5. The van der Waals surface area contributed by atoms with Crippen molar-refractivity contribution in [2.24, 2.45) is 52.8 Å². The molecule has 4 saturated carbocycles. The van der Waals surface area contributed by atoms with E-state index >= 15 is 0 Å². The quantitative estimate of drug-likeness (QED) is 0.299. The fraction of sp³-hybridized carbons (Fsp3) is 0.730. The molecule has 228 valence electrons. The molecule has 4 nitrogen and oxygen atoms in total. The molecule has 4 aliphatic carbocycles. The van der Waals surface area contributed by atoms with Crippen LogP contribution in [0.2, 0.25) is 0 Å². The molecule has 2 aromatic rings. The van der Waals surface area contributed by atoms with Gasteiger partial charge in [0.05, 0.1) is 6.10 Å². The van der Waals surface area contributed by atoms with E-state index in [0.29, 0.717) is 11.8 Å². The van der Waals surface area contributed by atoms with Gasteiger partial charge in [-0.3, -0.25) is 0 Å². The Morgan fingerprint density at radius 3 is 2.15 bits per heavy atom. The van der Waals surface area contributed by atoms with Gasteiger partial charge < -0.3 is 19.7 Å². The Balaban J connectivity index is 0.000000166. The summed E-state index contributed by atoms with van der Waals surface area (Å²) in [6, 6.07) is 14.3. The van der Waals surface area contributed by atoms with E-state index in [4.69, 9.17) is 9.47 Å². The third-order valence-corrected chi connectivity index (χ3v) is 12.3.